The van der Waals surface area contributed by atoms with Crippen molar-refractivity contribution in [3.05, 3.63) is 35.4 Å². The van der Waals surface area contributed by atoms with Gasteiger partial charge in [-0.05, 0) is 24.1 Å². The van der Waals surface area contributed by atoms with Gasteiger partial charge in [-0.1, -0.05) is 30.8 Å². The zero-order valence-electron chi connectivity index (χ0n) is 11.1. The van der Waals surface area contributed by atoms with Gasteiger partial charge >= 0.3 is 5.97 Å². The Labute approximate surface area is 121 Å². The van der Waals surface area contributed by atoms with Crippen LogP contribution in [0.4, 0.5) is 5.95 Å². The maximum absolute atomic E-state index is 11.6. The number of nitrogens with one attached hydrogen (secondary N) is 1. The van der Waals surface area contributed by atoms with E-state index in [0.29, 0.717) is 29.0 Å². The van der Waals surface area contributed by atoms with Crippen LogP contribution in [-0.2, 0) is 10.5 Å². The monoisotopic (exact) mass is 292 g/mol. The van der Waals surface area contributed by atoms with Crippen LogP contribution in [0, 0.1) is 0 Å². The first kappa shape index (κ1) is 14.4. The number of aromatic amines is 1. The van der Waals surface area contributed by atoms with Crippen LogP contribution in [0.5, 0.6) is 0 Å². The SMILES string of the molecule is CCCOC(=O)c1ccc(CSc2n[nH]c(N)n2)cc1. The van der Waals surface area contributed by atoms with Gasteiger partial charge in [0.1, 0.15) is 0 Å². The number of carbonyl (C=O) groups excluding carboxylic acids is 1. The molecule has 0 fully saturated rings. The molecule has 0 saturated heterocycles. The van der Waals surface area contributed by atoms with E-state index < -0.39 is 0 Å². The van der Waals surface area contributed by atoms with Crippen LogP contribution >= 0.6 is 11.8 Å². The average molecular weight is 292 g/mol. The molecule has 0 saturated carbocycles. The number of ether oxygens (including phenoxy) is 1. The van der Waals surface area contributed by atoms with Crippen molar-refractivity contribution in [2.75, 3.05) is 12.3 Å². The summed E-state index contributed by atoms with van der Waals surface area (Å²) in [5.41, 5.74) is 7.09. The van der Waals surface area contributed by atoms with E-state index in [2.05, 4.69) is 15.2 Å². The Bertz CT molecular complexity index is 568. The predicted molar refractivity (Wildman–Crippen MR) is 77.4 cm³/mol. The highest BCUT2D eigenvalue weighted by atomic mass is 32.2. The number of rotatable bonds is 6. The molecule has 0 bridgehead atoms. The Hall–Kier alpha value is -2.02. The molecule has 20 heavy (non-hydrogen) atoms. The summed E-state index contributed by atoms with van der Waals surface area (Å²) < 4.78 is 5.07. The molecule has 3 N–H and O–H groups in total. The third kappa shape index (κ3) is 3.99. The fourth-order valence-corrected chi connectivity index (χ4v) is 2.25. The summed E-state index contributed by atoms with van der Waals surface area (Å²) in [7, 11) is 0. The Balaban J connectivity index is 1.89. The molecule has 0 amide bonds. The van der Waals surface area contributed by atoms with Crippen molar-refractivity contribution in [2.24, 2.45) is 0 Å². The average Bonchev–Trinajstić information content (AvgIpc) is 2.89. The molecule has 0 aliphatic carbocycles. The molecule has 7 heteroatoms. The normalized spacial score (nSPS) is 10.4. The molecule has 0 unspecified atom stereocenters. The number of hydrogen-bond acceptors (Lipinski definition) is 6. The van der Waals surface area contributed by atoms with E-state index in [1.165, 1.54) is 11.8 Å². The molecule has 0 radical (unpaired) electrons. The van der Waals surface area contributed by atoms with Crippen LogP contribution in [-0.4, -0.2) is 27.8 Å². The van der Waals surface area contributed by atoms with Crippen molar-refractivity contribution >= 4 is 23.7 Å². The fraction of sp³-hybridized carbons (Fsp3) is 0.308. The van der Waals surface area contributed by atoms with Gasteiger partial charge in [0.2, 0.25) is 11.1 Å². The van der Waals surface area contributed by atoms with E-state index in [0.717, 1.165) is 12.0 Å². The van der Waals surface area contributed by atoms with Crippen LogP contribution in [0.3, 0.4) is 0 Å². The number of nitrogens with two attached hydrogens (primary N) is 1. The number of benzene rings is 1. The second kappa shape index (κ2) is 6.95. The molecular formula is C13H16N4O2S. The molecule has 2 aromatic rings. The van der Waals surface area contributed by atoms with E-state index in [-0.39, 0.29) is 5.97 Å². The first-order valence-electron chi connectivity index (χ1n) is 6.25. The highest BCUT2D eigenvalue weighted by Gasteiger charge is 2.07. The van der Waals surface area contributed by atoms with E-state index >= 15 is 0 Å². The molecule has 1 aromatic heterocycles. The lowest BCUT2D eigenvalue weighted by Crippen LogP contribution is -2.05. The molecule has 0 atom stereocenters. The quantitative estimate of drug-likeness (QED) is 0.626. The third-order valence-electron chi connectivity index (χ3n) is 2.48. The molecule has 2 rings (SSSR count). The van der Waals surface area contributed by atoms with Gasteiger partial charge < -0.3 is 10.5 Å². The molecule has 0 aliphatic rings. The van der Waals surface area contributed by atoms with Crippen molar-refractivity contribution < 1.29 is 9.53 Å². The minimum Gasteiger partial charge on any atom is -0.462 e. The molecule has 106 valence electrons. The van der Waals surface area contributed by atoms with Crippen molar-refractivity contribution in [1.29, 1.82) is 0 Å². The van der Waals surface area contributed by atoms with Crippen LogP contribution in [0.25, 0.3) is 0 Å². The van der Waals surface area contributed by atoms with Crippen molar-refractivity contribution in [3.63, 3.8) is 0 Å². The van der Waals surface area contributed by atoms with Gasteiger partial charge in [0, 0.05) is 5.75 Å². The Kier molecular flexibility index (Phi) is 5.00. The van der Waals surface area contributed by atoms with Gasteiger partial charge in [-0.2, -0.15) is 4.98 Å². The Morgan fingerprint density at radius 2 is 2.15 bits per heavy atom. The maximum atomic E-state index is 11.6. The number of esters is 1. The third-order valence-corrected chi connectivity index (χ3v) is 3.40. The second-order valence-corrected chi connectivity index (χ2v) is 5.07. The molecule has 0 aliphatic heterocycles. The number of hydrogen-bond donors (Lipinski definition) is 2. The highest BCUT2D eigenvalue weighted by Crippen LogP contribution is 2.19. The number of anilines is 1. The molecule has 6 nitrogen and oxygen atoms in total. The smallest absolute Gasteiger partial charge is 0.338 e. The summed E-state index contributed by atoms with van der Waals surface area (Å²) in [6.45, 7) is 2.41. The summed E-state index contributed by atoms with van der Waals surface area (Å²) in [6.07, 6.45) is 0.820. The lowest BCUT2D eigenvalue weighted by atomic mass is 10.1. The van der Waals surface area contributed by atoms with E-state index in [4.69, 9.17) is 10.5 Å². The van der Waals surface area contributed by atoms with Gasteiger partial charge in [-0.3, -0.25) is 0 Å². The number of aromatic nitrogens is 3. The van der Waals surface area contributed by atoms with Gasteiger partial charge in [0.05, 0.1) is 12.2 Å². The first-order chi connectivity index (χ1) is 9.69. The van der Waals surface area contributed by atoms with Gasteiger partial charge in [-0.25, -0.2) is 9.89 Å². The van der Waals surface area contributed by atoms with Crippen molar-refractivity contribution in [1.82, 2.24) is 15.2 Å². The summed E-state index contributed by atoms with van der Waals surface area (Å²) in [5, 5.41) is 7.13. The van der Waals surface area contributed by atoms with E-state index in [9.17, 15) is 4.79 Å². The van der Waals surface area contributed by atoms with Gasteiger partial charge in [-0.15, -0.1) is 5.10 Å². The minimum absolute atomic E-state index is 0.284. The fourth-order valence-electron chi connectivity index (χ4n) is 1.49. The van der Waals surface area contributed by atoms with Crippen LogP contribution in [0.15, 0.2) is 29.4 Å². The lowest BCUT2D eigenvalue weighted by Gasteiger charge is -2.04. The number of nitrogens with zero attached hydrogens (tertiary/aromatic N) is 2. The maximum Gasteiger partial charge on any atom is 0.338 e. The minimum atomic E-state index is -0.284. The molecule has 1 heterocycles. The Morgan fingerprint density at radius 1 is 1.40 bits per heavy atom. The van der Waals surface area contributed by atoms with Crippen LogP contribution < -0.4 is 5.73 Å². The van der Waals surface area contributed by atoms with Gasteiger partial charge in [0.25, 0.3) is 0 Å². The zero-order valence-corrected chi connectivity index (χ0v) is 11.9. The van der Waals surface area contributed by atoms with E-state index in [1.807, 2.05) is 19.1 Å². The number of nitrogen functional groups attached to an aromatic ring is 1. The van der Waals surface area contributed by atoms with E-state index in [1.54, 1.807) is 12.1 Å². The van der Waals surface area contributed by atoms with Crippen molar-refractivity contribution in [2.45, 2.75) is 24.3 Å². The molecule has 0 spiro atoms. The number of H-pyrrole nitrogens is 1. The molecule has 1 aromatic carbocycles. The predicted octanol–water partition coefficient (Wildman–Crippen LogP) is 2.25. The Morgan fingerprint density at radius 3 is 2.75 bits per heavy atom. The summed E-state index contributed by atoms with van der Waals surface area (Å²) in [5.74, 6) is 0.732. The number of carbonyl (C=O) groups is 1. The van der Waals surface area contributed by atoms with Crippen LogP contribution in [0.2, 0.25) is 0 Å². The van der Waals surface area contributed by atoms with Gasteiger partial charge in [0.15, 0.2) is 0 Å². The zero-order chi connectivity index (χ0) is 14.4. The summed E-state index contributed by atoms with van der Waals surface area (Å²) in [4.78, 5) is 15.6. The largest absolute Gasteiger partial charge is 0.462 e. The van der Waals surface area contributed by atoms with Crippen molar-refractivity contribution in [3.8, 4) is 0 Å². The standard InChI is InChI=1S/C13H16N4O2S/c1-2-7-19-11(18)10-5-3-9(4-6-10)8-20-13-15-12(14)16-17-13/h3-6H,2,7-8H2,1H3,(H3,14,15,16,17). The highest BCUT2D eigenvalue weighted by molar-refractivity contribution is 7.98. The van der Waals surface area contributed by atoms with Crippen LogP contribution in [0.1, 0.15) is 29.3 Å². The number of thioether (sulfide) groups is 1. The summed E-state index contributed by atoms with van der Waals surface area (Å²) >= 11 is 1.47. The summed E-state index contributed by atoms with van der Waals surface area (Å²) in [6, 6.07) is 7.32. The lowest BCUT2D eigenvalue weighted by molar-refractivity contribution is 0.0505. The molecular weight excluding hydrogens is 276 g/mol. The second-order valence-electron chi connectivity index (χ2n) is 4.12. The first-order valence-corrected chi connectivity index (χ1v) is 7.24. The topological polar surface area (TPSA) is 93.9 Å².